The molecule has 21 heavy (non-hydrogen) atoms. The van der Waals surface area contributed by atoms with Gasteiger partial charge in [-0.05, 0) is 30.3 Å². The monoisotopic (exact) mass is 470 g/mol. The molecule has 0 saturated carbocycles. The van der Waals surface area contributed by atoms with Gasteiger partial charge in [0.15, 0.2) is 0 Å². The predicted molar refractivity (Wildman–Crippen MR) is 95.6 cm³/mol. The summed E-state index contributed by atoms with van der Waals surface area (Å²) < 4.78 is 2.25. The number of rotatable bonds is 2. The van der Waals surface area contributed by atoms with E-state index < -0.39 is 0 Å². The molecule has 2 aromatic carbocycles. The number of hydrogen-bond acceptors (Lipinski definition) is 2. The van der Waals surface area contributed by atoms with Crippen molar-refractivity contribution in [3.05, 3.63) is 69.2 Å². The van der Waals surface area contributed by atoms with E-state index in [0.717, 1.165) is 10.2 Å². The third kappa shape index (κ3) is 2.84. The first kappa shape index (κ1) is 14.9. The first-order valence-corrected chi connectivity index (χ1v) is 8.76. The van der Waals surface area contributed by atoms with Gasteiger partial charge < -0.3 is 0 Å². The maximum atomic E-state index is 12.9. The highest BCUT2D eigenvalue weighted by molar-refractivity contribution is 9.24. The van der Waals surface area contributed by atoms with Gasteiger partial charge in [-0.1, -0.05) is 66.0 Å². The van der Waals surface area contributed by atoms with Crippen LogP contribution in [0.2, 0.25) is 0 Å². The fourth-order valence-corrected chi connectivity index (χ4v) is 3.12. The van der Waals surface area contributed by atoms with Gasteiger partial charge >= 0.3 is 0 Å². The molecule has 0 spiro atoms. The molecule has 0 aliphatic heterocycles. The van der Waals surface area contributed by atoms with Crippen LogP contribution in [0.3, 0.4) is 0 Å². The second-order valence-corrected chi connectivity index (χ2v) is 8.38. The molecule has 0 amide bonds. The molecular weight excluding hydrogens is 464 g/mol. The van der Waals surface area contributed by atoms with Crippen molar-refractivity contribution in [3.63, 3.8) is 0 Å². The molecule has 6 heteroatoms. The van der Waals surface area contributed by atoms with E-state index in [1.165, 1.54) is 0 Å². The largest absolute Gasteiger partial charge is 0.268 e. The van der Waals surface area contributed by atoms with Crippen molar-refractivity contribution in [2.45, 2.75) is 3.74 Å². The summed E-state index contributed by atoms with van der Waals surface area (Å²) >= 11 is 10.3. The SMILES string of the molecule is O=c1c2cc(Br)ccc2nc(C(Br)Br)n1-c1ccccc1. The van der Waals surface area contributed by atoms with Gasteiger partial charge in [-0.25, -0.2) is 4.98 Å². The predicted octanol–water partition coefficient (Wildman–Crippen LogP) is 4.94. The maximum absolute atomic E-state index is 12.9. The van der Waals surface area contributed by atoms with Gasteiger partial charge in [0.1, 0.15) is 9.56 Å². The van der Waals surface area contributed by atoms with Crippen molar-refractivity contribution in [3.8, 4) is 5.69 Å². The highest BCUT2D eigenvalue weighted by Gasteiger charge is 2.17. The van der Waals surface area contributed by atoms with E-state index >= 15 is 0 Å². The van der Waals surface area contributed by atoms with Gasteiger partial charge in [-0.2, -0.15) is 0 Å². The summed E-state index contributed by atoms with van der Waals surface area (Å²) in [6.45, 7) is 0. The highest BCUT2D eigenvalue weighted by atomic mass is 79.9. The van der Waals surface area contributed by atoms with Crippen LogP contribution in [-0.2, 0) is 0 Å². The van der Waals surface area contributed by atoms with Crippen molar-refractivity contribution in [2.75, 3.05) is 0 Å². The number of nitrogens with zero attached hydrogens (tertiary/aromatic N) is 2. The number of hydrogen-bond donors (Lipinski definition) is 0. The fourth-order valence-electron chi connectivity index (χ4n) is 2.15. The molecule has 0 fully saturated rings. The lowest BCUT2D eigenvalue weighted by Crippen LogP contribution is -2.23. The molecule has 1 aromatic heterocycles. The zero-order valence-corrected chi connectivity index (χ0v) is 15.4. The van der Waals surface area contributed by atoms with Crippen LogP contribution in [0.5, 0.6) is 0 Å². The Hall–Kier alpha value is -0.980. The molecule has 0 aliphatic carbocycles. The first-order chi connectivity index (χ1) is 10.1. The average molecular weight is 473 g/mol. The molecule has 0 bridgehead atoms. The van der Waals surface area contributed by atoms with Gasteiger partial charge in [0.25, 0.3) is 5.56 Å². The van der Waals surface area contributed by atoms with Crippen molar-refractivity contribution in [1.82, 2.24) is 9.55 Å². The molecule has 0 unspecified atom stereocenters. The van der Waals surface area contributed by atoms with Crippen LogP contribution in [0.25, 0.3) is 16.6 Å². The van der Waals surface area contributed by atoms with Crippen LogP contribution in [0.4, 0.5) is 0 Å². The Balaban J connectivity index is 2.43. The molecule has 3 rings (SSSR count). The van der Waals surface area contributed by atoms with E-state index in [4.69, 9.17) is 0 Å². The molecule has 3 nitrogen and oxygen atoms in total. The van der Waals surface area contributed by atoms with E-state index in [9.17, 15) is 4.79 Å². The number of aromatic nitrogens is 2. The molecule has 0 aliphatic rings. The van der Waals surface area contributed by atoms with E-state index in [-0.39, 0.29) is 9.30 Å². The molecule has 106 valence electrons. The molecule has 0 radical (unpaired) electrons. The van der Waals surface area contributed by atoms with Gasteiger partial charge in [0, 0.05) is 4.47 Å². The number of para-hydroxylation sites is 1. The van der Waals surface area contributed by atoms with Gasteiger partial charge in [-0.3, -0.25) is 9.36 Å². The van der Waals surface area contributed by atoms with Crippen LogP contribution in [0.1, 0.15) is 9.56 Å². The van der Waals surface area contributed by atoms with Gasteiger partial charge in [0.2, 0.25) is 0 Å². The normalized spacial score (nSPS) is 11.2. The third-order valence-electron chi connectivity index (χ3n) is 3.07. The van der Waals surface area contributed by atoms with E-state index in [1.807, 2.05) is 42.5 Å². The minimum absolute atomic E-state index is 0.0913. The summed E-state index contributed by atoms with van der Waals surface area (Å²) in [5.74, 6) is 0.612. The maximum Gasteiger partial charge on any atom is 0.266 e. The Labute approximate surface area is 146 Å². The topological polar surface area (TPSA) is 34.9 Å². The zero-order valence-electron chi connectivity index (χ0n) is 10.6. The smallest absolute Gasteiger partial charge is 0.266 e. The summed E-state index contributed by atoms with van der Waals surface area (Å²) in [6.07, 6.45) is 0. The van der Waals surface area contributed by atoms with Crippen LogP contribution in [-0.4, -0.2) is 9.55 Å². The summed E-state index contributed by atoms with van der Waals surface area (Å²) in [4.78, 5) is 17.5. The lowest BCUT2D eigenvalue weighted by molar-refractivity contribution is 0.885. The lowest BCUT2D eigenvalue weighted by atomic mass is 10.2. The summed E-state index contributed by atoms with van der Waals surface area (Å²) in [5, 5.41) is 0.581. The van der Waals surface area contributed by atoms with E-state index in [2.05, 4.69) is 52.8 Å². The third-order valence-corrected chi connectivity index (χ3v) is 4.38. The minimum atomic E-state index is -0.217. The quantitative estimate of drug-likeness (QED) is 0.495. The Kier molecular flexibility index (Phi) is 4.28. The second kappa shape index (κ2) is 6.02. The van der Waals surface area contributed by atoms with Crippen LogP contribution in [0, 0.1) is 0 Å². The minimum Gasteiger partial charge on any atom is -0.268 e. The fraction of sp³-hybridized carbons (Fsp3) is 0.0667. The van der Waals surface area contributed by atoms with E-state index in [1.54, 1.807) is 10.6 Å². The van der Waals surface area contributed by atoms with Crippen molar-refractivity contribution >= 4 is 58.7 Å². The highest BCUT2D eigenvalue weighted by Crippen LogP contribution is 2.29. The number of alkyl halides is 2. The second-order valence-electron chi connectivity index (χ2n) is 4.41. The molecule has 1 heterocycles. The van der Waals surface area contributed by atoms with Crippen LogP contribution < -0.4 is 5.56 Å². The molecule has 0 saturated heterocycles. The molecular formula is C15H9Br3N2O. The van der Waals surface area contributed by atoms with Gasteiger partial charge in [0.05, 0.1) is 16.6 Å². The van der Waals surface area contributed by atoms with E-state index in [0.29, 0.717) is 16.7 Å². The Morgan fingerprint density at radius 1 is 1.05 bits per heavy atom. The number of halogens is 3. The van der Waals surface area contributed by atoms with Crippen molar-refractivity contribution < 1.29 is 0 Å². The Morgan fingerprint density at radius 2 is 1.76 bits per heavy atom. The number of benzene rings is 2. The summed E-state index contributed by atoms with van der Waals surface area (Å²) in [5.41, 5.74) is 1.37. The Morgan fingerprint density at radius 3 is 2.43 bits per heavy atom. The standard InChI is InChI=1S/C15H9Br3N2O/c16-9-6-7-12-11(8-9)15(21)20(14(19-12)13(17)18)10-4-2-1-3-5-10/h1-8,13H. The zero-order chi connectivity index (χ0) is 15.0. The Bertz CT molecular complexity index is 860. The van der Waals surface area contributed by atoms with Crippen LogP contribution in [0.15, 0.2) is 57.8 Å². The van der Waals surface area contributed by atoms with Crippen molar-refractivity contribution in [2.24, 2.45) is 0 Å². The average Bonchev–Trinajstić information content (AvgIpc) is 2.48. The summed E-state index contributed by atoms with van der Waals surface area (Å²) in [6, 6.07) is 15.0. The first-order valence-electron chi connectivity index (χ1n) is 6.13. The molecule has 0 N–H and O–H groups in total. The summed E-state index contributed by atoms with van der Waals surface area (Å²) in [7, 11) is 0. The lowest BCUT2D eigenvalue weighted by Gasteiger charge is -2.14. The van der Waals surface area contributed by atoms with Crippen molar-refractivity contribution in [1.29, 1.82) is 0 Å². The molecule has 0 atom stereocenters. The molecule has 3 aromatic rings. The number of fused-ring (bicyclic) bond motifs is 1. The van der Waals surface area contributed by atoms with Crippen LogP contribution >= 0.6 is 47.8 Å². The van der Waals surface area contributed by atoms with Gasteiger partial charge in [-0.15, -0.1) is 0 Å².